The third-order valence-electron chi connectivity index (χ3n) is 4.91. The normalized spacial score (nSPS) is 12.2. The van der Waals surface area contributed by atoms with Gasteiger partial charge in [0.1, 0.15) is 17.3 Å². The van der Waals surface area contributed by atoms with Crippen molar-refractivity contribution in [3.63, 3.8) is 0 Å². The van der Waals surface area contributed by atoms with Crippen molar-refractivity contribution in [2.24, 2.45) is 0 Å². The van der Waals surface area contributed by atoms with Crippen molar-refractivity contribution in [3.05, 3.63) is 52.0 Å². The molecule has 0 saturated heterocycles. The van der Waals surface area contributed by atoms with E-state index >= 15 is 0 Å². The number of methoxy groups -OCH3 is 1. The van der Waals surface area contributed by atoms with Crippen molar-refractivity contribution in [2.75, 3.05) is 12.8 Å². The zero-order chi connectivity index (χ0) is 26.4. The van der Waals surface area contributed by atoms with E-state index in [4.69, 9.17) is 33.7 Å². The average molecular weight is 569 g/mol. The number of halogens is 8. The molecule has 190 valence electrons. The van der Waals surface area contributed by atoms with Crippen molar-refractivity contribution < 1.29 is 36.0 Å². The number of nitrogens with two attached hydrogens (primary N) is 1. The van der Waals surface area contributed by atoms with Crippen molar-refractivity contribution in [3.8, 4) is 28.4 Å². The lowest BCUT2D eigenvalue weighted by molar-refractivity contribution is -0.298. The molecule has 0 atom stereocenters. The molecular formula is C19H13BCl2F6N6OS. The number of nitrogen functional groups attached to an aromatic ring is 1. The molecule has 0 bridgehead atoms. The number of hydrogen-bond donors (Lipinski definition) is 2. The Kier molecular flexibility index (Phi) is 6.92. The summed E-state index contributed by atoms with van der Waals surface area (Å²) < 4.78 is 85.3. The van der Waals surface area contributed by atoms with E-state index < -0.39 is 56.4 Å². The van der Waals surface area contributed by atoms with E-state index in [0.29, 0.717) is 23.3 Å². The highest BCUT2D eigenvalue weighted by Crippen LogP contribution is 2.46. The summed E-state index contributed by atoms with van der Waals surface area (Å²) in [4.78, 5) is 2.37. The van der Waals surface area contributed by atoms with E-state index in [-0.39, 0.29) is 17.2 Å². The molecule has 2 heterocycles. The number of ether oxygens (including phenoxy) is 1. The lowest BCUT2D eigenvalue weighted by Crippen LogP contribution is -2.21. The number of H-pyrrole nitrogens is 2. The van der Waals surface area contributed by atoms with Gasteiger partial charge in [-0.2, -0.15) is 31.4 Å². The van der Waals surface area contributed by atoms with Crippen LogP contribution in [-0.2, 0) is 6.18 Å². The smallest absolute Gasteiger partial charge is 0.446 e. The van der Waals surface area contributed by atoms with Crippen LogP contribution in [-0.4, -0.2) is 39.1 Å². The Morgan fingerprint density at radius 1 is 1.08 bits per heavy atom. The van der Waals surface area contributed by atoms with Crippen molar-refractivity contribution in [1.29, 1.82) is 0 Å². The quantitative estimate of drug-likeness (QED) is 0.241. The number of anilines is 1. The van der Waals surface area contributed by atoms with E-state index in [1.54, 1.807) is 24.3 Å². The minimum atomic E-state index is -4.77. The summed E-state index contributed by atoms with van der Waals surface area (Å²) >= 11 is 11.5. The number of nitrogens with zero attached hydrogens (tertiary/aromatic N) is 3. The summed E-state index contributed by atoms with van der Waals surface area (Å²) in [6, 6.07) is 7.94. The molecule has 17 heteroatoms. The van der Waals surface area contributed by atoms with Gasteiger partial charge in [0.25, 0.3) is 12.5 Å². The van der Waals surface area contributed by atoms with E-state index in [9.17, 15) is 26.3 Å². The number of benzene rings is 2. The fourth-order valence-electron chi connectivity index (χ4n) is 3.30. The molecule has 36 heavy (non-hydrogen) atoms. The number of nitrogens with one attached hydrogen (secondary N) is 2. The second kappa shape index (κ2) is 9.52. The predicted octanol–water partition coefficient (Wildman–Crippen LogP) is 5.62. The Balaban J connectivity index is 1.85. The Hall–Kier alpha value is -2.91. The van der Waals surface area contributed by atoms with E-state index in [1.165, 1.54) is 7.11 Å². The van der Waals surface area contributed by atoms with Crippen LogP contribution in [0, 0.1) is 0 Å². The first kappa shape index (κ1) is 26.2. The number of aromatic nitrogens is 5. The molecule has 4 aromatic rings. The van der Waals surface area contributed by atoms with Gasteiger partial charge in [-0.1, -0.05) is 35.3 Å². The van der Waals surface area contributed by atoms with Gasteiger partial charge in [-0.3, -0.25) is 0 Å². The van der Waals surface area contributed by atoms with Gasteiger partial charge in [0.15, 0.2) is 5.69 Å². The van der Waals surface area contributed by atoms with Crippen LogP contribution in [0.2, 0.25) is 10.0 Å². The number of thioether (sulfide) groups is 1. The zero-order valence-electron chi connectivity index (χ0n) is 17.8. The van der Waals surface area contributed by atoms with Gasteiger partial charge >= 0.3 is 11.7 Å². The maximum Gasteiger partial charge on any atom is 0.446 e. The predicted molar refractivity (Wildman–Crippen MR) is 123 cm³/mol. The molecule has 0 amide bonds. The lowest BCUT2D eigenvalue weighted by atomic mass is 9.80. The molecule has 2 aromatic carbocycles. The van der Waals surface area contributed by atoms with E-state index in [2.05, 4.69) is 20.1 Å². The highest BCUT2D eigenvalue weighted by atomic mass is 35.5. The number of hydrogen-bond acceptors (Lipinski definition) is 5. The molecule has 0 aliphatic heterocycles. The first-order chi connectivity index (χ1) is 16.8. The molecule has 0 aliphatic carbocycles. The topological polar surface area (TPSA) is 95.9 Å². The molecule has 0 spiro atoms. The van der Waals surface area contributed by atoms with E-state index in [0.717, 1.165) is 4.68 Å². The minimum absolute atomic E-state index is 0.0906. The molecule has 2 aromatic heterocycles. The second-order valence-corrected chi connectivity index (χ2v) is 9.14. The fraction of sp³-hybridized carbons (Fsp3) is 0.158. The Labute approximate surface area is 213 Å². The zero-order valence-corrected chi connectivity index (χ0v) is 20.1. The molecule has 7 nitrogen and oxygen atoms in total. The number of aromatic amines is 2. The van der Waals surface area contributed by atoms with Gasteiger partial charge in [-0.25, -0.2) is 4.68 Å². The van der Waals surface area contributed by atoms with Crippen LogP contribution in [0.3, 0.4) is 0 Å². The largest absolute Gasteiger partial charge is 0.497 e. The Bertz CT molecular complexity index is 1400. The standard InChI is InChI=1S/C19H13BCl2F6N6OS/c1-35-10-4-2-9(3-5-10)20-30-17(31-33-20)13-15(36-19(26,27)28)16(29)34(32-13)14-11(21)6-8(7-12(14)22)18(23,24)25/h2-7,30,33H,29H2,1H3. The van der Waals surface area contributed by atoms with Gasteiger partial charge in [0.05, 0.1) is 27.6 Å². The van der Waals surface area contributed by atoms with Crippen LogP contribution in [0.1, 0.15) is 5.56 Å². The van der Waals surface area contributed by atoms with Gasteiger partial charge < -0.3 is 20.4 Å². The SMILES string of the molecule is COc1ccc(-[b-]2[nH]nc(-c3nn(-c4c(Cl)cc(C(F)(F)F)cc4Cl)c(N)c3SC(F)(F)F)[nH+]2)cc1. The maximum atomic E-state index is 13.4. The summed E-state index contributed by atoms with van der Waals surface area (Å²) in [6.07, 6.45) is -4.76. The molecule has 4 rings (SSSR count). The molecule has 0 unspecified atom stereocenters. The van der Waals surface area contributed by atoms with Crippen LogP contribution in [0.15, 0.2) is 41.3 Å². The van der Waals surface area contributed by atoms with Crippen molar-refractivity contribution in [1.82, 2.24) is 19.9 Å². The Morgan fingerprint density at radius 3 is 2.22 bits per heavy atom. The van der Waals surface area contributed by atoms with Crippen LogP contribution in [0.25, 0.3) is 22.7 Å². The van der Waals surface area contributed by atoms with Crippen LogP contribution in [0.4, 0.5) is 32.2 Å². The monoisotopic (exact) mass is 568 g/mol. The van der Waals surface area contributed by atoms with E-state index in [1.807, 2.05) is 0 Å². The molecule has 0 radical (unpaired) electrons. The third kappa shape index (κ3) is 5.27. The van der Waals surface area contributed by atoms with Crippen molar-refractivity contribution in [2.45, 2.75) is 16.6 Å². The summed E-state index contributed by atoms with van der Waals surface area (Å²) in [5.41, 5.74) is 0.0992. The van der Waals surface area contributed by atoms with Gasteiger partial charge in [0, 0.05) is 0 Å². The first-order valence-electron chi connectivity index (χ1n) is 9.73. The number of alkyl halides is 6. The average Bonchev–Trinajstić information content (AvgIpc) is 3.38. The summed E-state index contributed by atoms with van der Waals surface area (Å²) in [7, 11) is 1.50. The minimum Gasteiger partial charge on any atom is -0.497 e. The highest BCUT2D eigenvalue weighted by molar-refractivity contribution is 8.00. The number of rotatable bonds is 5. The van der Waals surface area contributed by atoms with Gasteiger partial charge in [0.2, 0.25) is 0 Å². The molecule has 4 N–H and O–H groups in total. The van der Waals surface area contributed by atoms with Crippen LogP contribution >= 0.6 is 35.0 Å². The van der Waals surface area contributed by atoms with Gasteiger partial charge in [-0.05, 0) is 41.1 Å². The second-order valence-electron chi connectivity index (χ2n) is 7.25. The highest BCUT2D eigenvalue weighted by Gasteiger charge is 2.37. The lowest BCUT2D eigenvalue weighted by Gasteiger charge is -2.13. The maximum absolute atomic E-state index is 13.4. The van der Waals surface area contributed by atoms with Crippen molar-refractivity contribution >= 4 is 47.4 Å². The fourth-order valence-corrected chi connectivity index (χ4v) is 4.60. The summed E-state index contributed by atoms with van der Waals surface area (Å²) in [5.74, 6) is -0.0426. The van der Waals surface area contributed by atoms with Crippen LogP contribution in [0.5, 0.6) is 5.75 Å². The molecule has 0 fully saturated rings. The third-order valence-corrected chi connectivity index (χ3v) is 6.32. The Morgan fingerprint density at radius 2 is 1.69 bits per heavy atom. The van der Waals surface area contributed by atoms with Gasteiger partial charge in [-0.15, -0.1) is 5.46 Å². The molecule has 0 saturated carbocycles. The molecular weight excluding hydrogens is 556 g/mol. The van der Waals surface area contributed by atoms with Crippen LogP contribution < -0.4 is 15.4 Å². The summed E-state index contributed by atoms with van der Waals surface area (Å²) in [5, 5.41) is 9.82. The summed E-state index contributed by atoms with van der Waals surface area (Å²) in [6.45, 7) is -0.626. The first-order valence-corrected chi connectivity index (χ1v) is 11.3. The molecule has 0 aliphatic rings.